The molecule has 0 saturated heterocycles. The summed E-state index contributed by atoms with van der Waals surface area (Å²) in [5.41, 5.74) is 8.22. The van der Waals surface area contributed by atoms with Crippen LogP contribution in [0.15, 0.2) is 35.7 Å². The average molecular weight is 290 g/mol. The fourth-order valence-electron chi connectivity index (χ4n) is 1.95. The molecule has 1 aromatic heterocycles. The summed E-state index contributed by atoms with van der Waals surface area (Å²) in [6.45, 7) is 2.10. The van der Waals surface area contributed by atoms with E-state index in [2.05, 4.69) is 17.4 Å². The van der Waals surface area contributed by atoms with E-state index in [1.165, 1.54) is 22.5 Å². The summed E-state index contributed by atoms with van der Waals surface area (Å²) in [5.74, 6) is -0.377. The van der Waals surface area contributed by atoms with Crippen LogP contribution >= 0.6 is 11.3 Å². The molecule has 0 aliphatic heterocycles. The maximum atomic E-state index is 11.0. The molecule has 0 bridgehead atoms. The highest BCUT2D eigenvalue weighted by Gasteiger charge is 2.05. The number of thiophene rings is 1. The summed E-state index contributed by atoms with van der Waals surface area (Å²) in [6, 6.07) is 10.0. The van der Waals surface area contributed by atoms with Crippen molar-refractivity contribution in [2.45, 2.75) is 19.7 Å². The fourth-order valence-corrected chi connectivity index (χ4v) is 2.79. The summed E-state index contributed by atoms with van der Waals surface area (Å²) in [5, 5.41) is 5.16. The number of amides is 1. The van der Waals surface area contributed by atoms with Gasteiger partial charge in [0, 0.05) is 30.5 Å². The van der Waals surface area contributed by atoms with E-state index in [-0.39, 0.29) is 5.91 Å². The molecule has 0 fully saturated rings. The van der Waals surface area contributed by atoms with Crippen LogP contribution < -0.4 is 11.1 Å². The van der Waals surface area contributed by atoms with Crippen LogP contribution in [0.3, 0.4) is 0 Å². The van der Waals surface area contributed by atoms with Crippen LogP contribution in [0.25, 0.3) is 0 Å². The second-order valence-corrected chi connectivity index (χ2v) is 5.47. The van der Waals surface area contributed by atoms with Gasteiger partial charge in [-0.3, -0.25) is 4.79 Å². The quantitative estimate of drug-likeness (QED) is 0.822. The average Bonchev–Trinajstić information content (AvgIpc) is 2.90. The molecule has 20 heavy (non-hydrogen) atoms. The zero-order chi connectivity index (χ0) is 14.4. The Morgan fingerprint density at radius 2 is 2.05 bits per heavy atom. The van der Waals surface area contributed by atoms with Crippen LogP contribution in [0.5, 0.6) is 0 Å². The molecule has 0 spiro atoms. The summed E-state index contributed by atoms with van der Waals surface area (Å²) < 4.78 is 5.19. The second-order valence-electron chi connectivity index (χ2n) is 4.47. The van der Waals surface area contributed by atoms with Gasteiger partial charge in [-0.2, -0.15) is 0 Å². The summed E-state index contributed by atoms with van der Waals surface area (Å²) in [6.07, 6.45) is 0. The smallest absolute Gasteiger partial charge is 0.249 e. The minimum absolute atomic E-state index is 0.377. The number of ether oxygens (including phenoxy) is 1. The number of nitrogens with two attached hydrogens (primary N) is 1. The number of methoxy groups -OCH3 is 1. The molecule has 1 aromatic carbocycles. The summed E-state index contributed by atoms with van der Waals surface area (Å²) in [7, 11) is 1.70. The van der Waals surface area contributed by atoms with Crippen molar-refractivity contribution in [1.29, 1.82) is 0 Å². The molecule has 0 saturated carbocycles. The molecular weight excluding hydrogens is 272 g/mol. The number of hydrogen-bond donors (Lipinski definition) is 2. The molecule has 3 N–H and O–H groups in total. The van der Waals surface area contributed by atoms with Crippen molar-refractivity contribution in [3.05, 3.63) is 57.3 Å². The molecule has 2 rings (SSSR count). The summed E-state index contributed by atoms with van der Waals surface area (Å²) in [4.78, 5) is 12.1. The highest BCUT2D eigenvalue weighted by Crippen LogP contribution is 2.15. The minimum atomic E-state index is -0.377. The Hall–Kier alpha value is -1.69. The van der Waals surface area contributed by atoms with Gasteiger partial charge in [-0.15, -0.1) is 11.3 Å². The third-order valence-corrected chi connectivity index (χ3v) is 3.91. The van der Waals surface area contributed by atoms with E-state index in [0.717, 1.165) is 18.0 Å². The number of nitrogens with one attached hydrogen (secondary N) is 1. The first kappa shape index (κ1) is 14.7. The van der Waals surface area contributed by atoms with Crippen molar-refractivity contribution >= 4 is 17.2 Å². The monoisotopic (exact) mass is 290 g/mol. The minimum Gasteiger partial charge on any atom is -0.380 e. The number of carbonyl (C=O) groups excluding carboxylic acids is 1. The van der Waals surface area contributed by atoms with Crippen molar-refractivity contribution in [3.8, 4) is 0 Å². The highest BCUT2D eigenvalue weighted by atomic mass is 32.1. The molecule has 1 amide bonds. The maximum absolute atomic E-state index is 11.0. The zero-order valence-electron chi connectivity index (χ0n) is 11.4. The highest BCUT2D eigenvalue weighted by molar-refractivity contribution is 7.10. The lowest BCUT2D eigenvalue weighted by Gasteiger charge is -2.09. The van der Waals surface area contributed by atoms with Gasteiger partial charge in [-0.05, 0) is 17.2 Å². The Morgan fingerprint density at radius 3 is 2.70 bits per heavy atom. The molecule has 4 nitrogen and oxygen atoms in total. The lowest BCUT2D eigenvalue weighted by atomic mass is 10.1. The predicted octanol–water partition coefficient (Wildman–Crippen LogP) is 2.28. The maximum Gasteiger partial charge on any atom is 0.249 e. The van der Waals surface area contributed by atoms with Crippen molar-refractivity contribution in [1.82, 2.24) is 5.32 Å². The van der Waals surface area contributed by atoms with Crippen LogP contribution in [0.2, 0.25) is 0 Å². The first-order valence-corrected chi connectivity index (χ1v) is 7.22. The molecule has 1 heterocycles. The molecule has 0 radical (unpaired) electrons. The number of rotatable bonds is 7. The van der Waals surface area contributed by atoms with Gasteiger partial charge in [0.25, 0.3) is 0 Å². The van der Waals surface area contributed by atoms with Crippen molar-refractivity contribution in [3.63, 3.8) is 0 Å². The molecule has 0 aliphatic carbocycles. The van der Waals surface area contributed by atoms with Gasteiger partial charge in [0.1, 0.15) is 0 Å². The SMILES string of the molecule is COCc1ccccc1CNCc1cc(C(N)=O)cs1. The van der Waals surface area contributed by atoms with Crippen molar-refractivity contribution in [2.24, 2.45) is 5.73 Å². The Labute approximate surface area is 122 Å². The van der Waals surface area contributed by atoms with Gasteiger partial charge in [0.05, 0.1) is 12.2 Å². The second kappa shape index (κ2) is 7.19. The van der Waals surface area contributed by atoms with Crippen LogP contribution in [0, 0.1) is 0 Å². The Kier molecular flexibility index (Phi) is 5.29. The number of benzene rings is 1. The first-order valence-electron chi connectivity index (χ1n) is 6.34. The first-order chi connectivity index (χ1) is 9.70. The Balaban J connectivity index is 1.90. The fraction of sp³-hybridized carbons (Fsp3) is 0.267. The molecule has 0 aliphatic rings. The van der Waals surface area contributed by atoms with Crippen LogP contribution in [-0.4, -0.2) is 13.0 Å². The molecule has 5 heteroatoms. The standard InChI is InChI=1S/C15H18N2O2S/c1-19-9-12-5-3-2-4-11(12)7-17-8-14-6-13(10-20-14)15(16)18/h2-6,10,17H,7-9H2,1H3,(H2,16,18). The zero-order valence-corrected chi connectivity index (χ0v) is 12.2. The lowest BCUT2D eigenvalue weighted by Crippen LogP contribution is -2.14. The molecular formula is C15H18N2O2S. The third-order valence-electron chi connectivity index (χ3n) is 2.97. The van der Waals surface area contributed by atoms with E-state index in [4.69, 9.17) is 10.5 Å². The molecule has 2 aromatic rings. The van der Waals surface area contributed by atoms with Gasteiger partial charge in [0.15, 0.2) is 0 Å². The van der Waals surface area contributed by atoms with Crippen LogP contribution in [0.1, 0.15) is 26.4 Å². The van der Waals surface area contributed by atoms with E-state index in [0.29, 0.717) is 12.2 Å². The van der Waals surface area contributed by atoms with Gasteiger partial charge < -0.3 is 15.8 Å². The van der Waals surface area contributed by atoms with E-state index in [1.54, 1.807) is 12.5 Å². The largest absolute Gasteiger partial charge is 0.380 e. The molecule has 106 valence electrons. The van der Waals surface area contributed by atoms with Gasteiger partial charge in [0.2, 0.25) is 5.91 Å². The van der Waals surface area contributed by atoms with Crippen molar-refractivity contribution < 1.29 is 9.53 Å². The van der Waals surface area contributed by atoms with E-state index < -0.39 is 0 Å². The van der Waals surface area contributed by atoms with Crippen LogP contribution in [0.4, 0.5) is 0 Å². The lowest BCUT2D eigenvalue weighted by molar-refractivity contribution is 0.100. The van der Waals surface area contributed by atoms with Gasteiger partial charge in [-0.1, -0.05) is 24.3 Å². The summed E-state index contributed by atoms with van der Waals surface area (Å²) >= 11 is 1.54. The molecule has 0 atom stereocenters. The van der Waals surface area contributed by atoms with E-state index >= 15 is 0 Å². The van der Waals surface area contributed by atoms with Crippen LogP contribution in [-0.2, 0) is 24.4 Å². The number of hydrogen-bond acceptors (Lipinski definition) is 4. The predicted molar refractivity (Wildman–Crippen MR) is 80.5 cm³/mol. The van der Waals surface area contributed by atoms with Crippen molar-refractivity contribution in [2.75, 3.05) is 7.11 Å². The number of primary amides is 1. The normalized spacial score (nSPS) is 10.7. The topological polar surface area (TPSA) is 64.3 Å². The third kappa shape index (κ3) is 3.90. The van der Waals surface area contributed by atoms with Gasteiger partial charge >= 0.3 is 0 Å². The Morgan fingerprint density at radius 1 is 1.30 bits per heavy atom. The van der Waals surface area contributed by atoms with Gasteiger partial charge in [-0.25, -0.2) is 0 Å². The Bertz CT molecular complexity index is 581. The van der Waals surface area contributed by atoms with E-state index in [9.17, 15) is 4.79 Å². The molecule has 0 unspecified atom stereocenters. The number of carbonyl (C=O) groups is 1. The van der Waals surface area contributed by atoms with E-state index in [1.807, 2.05) is 18.2 Å².